The molecule has 0 radical (unpaired) electrons. The van der Waals surface area contributed by atoms with Gasteiger partial charge < -0.3 is 5.32 Å². The van der Waals surface area contributed by atoms with Crippen LogP contribution in [-0.4, -0.2) is 33.7 Å². The van der Waals surface area contributed by atoms with Gasteiger partial charge in [-0.2, -0.15) is 9.97 Å². The fourth-order valence-electron chi connectivity index (χ4n) is 2.47. The minimum atomic E-state index is 0.110. The number of carbonyl (C=O) groups excluding carboxylic acids is 1. The summed E-state index contributed by atoms with van der Waals surface area (Å²) in [6.45, 7) is 2.01. The molecule has 10 heteroatoms. The summed E-state index contributed by atoms with van der Waals surface area (Å²) >= 11 is 3.02. The molecule has 1 aromatic carbocycles. The van der Waals surface area contributed by atoms with Crippen molar-refractivity contribution in [1.82, 2.24) is 19.9 Å². The van der Waals surface area contributed by atoms with Gasteiger partial charge in [0.05, 0.1) is 0 Å². The molecule has 0 spiro atoms. The van der Waals surface area contributed by atoms with E-state index in [9.17, 15) is 4.79 Å². The molecule has 4 rings (SSSR count). The van der Waals surface area contributed by atoms with Gasteiger partial charge in [-0.3, -0.25) is 10.1 Å². The van der Waals surface area contributed by atoms with Gasteiger partial charge in [0.25, 0.3) is 0 Å². The summed E-state index contributed by atoms with van der Waals surface area (Å²) in [7, 11) is 2.01. The van der Waals surface area contributed by atoms with E-state index < -0.39 is 0 Å². The maximum Gasteiger partial charge on any atom is 0.233 e. The molecule has 0 aliphatic heterocycles. The highest BCUT2D eigenvalue weighted by Gasteiger charge is 2.29. The van der Waals surface area contributed by atoms with E-state index in [0.29, 0.717) is 17.5 Å². The van der Waals surface area contributed by atoms with Crippen molar-refractivity contribution in [2.75, 3.05) is 10.6 Å². The highest BCUT2D eigenvalue weighted by molar-refractivity contribution is 7.99. The first-order valence-electron chi connectivity index (χ1n) is 9.12. The van der Waals surface area contributed by atoms with Crippen molar-refractivity contribution in [3.63, 3.8) is 0 Å². The van der Waals surface area contributed by atoms with Gasteiger partial charge in [0, 0.05) is 29.1 Å². The molecule has 0 unspecified atom stereocenters. The lowest BCUT2D eigenvalue weighted by Crippen LogP contribution is -2.12. The quantitative estimate of drug-likeness (QED) is 0.578. The van der Waals surface area contributed by atoms with Crippen LogP contribution in [-0.2, 0) is 11.2 Å². The largest absolute Gasteiger partial charge is 0.326 e. The van der Waals surface area contributed by atoms with E-state index >= 15 is 0 Å². The fourth-order valence-corrected chi connectivity index (χ4v) is 3.89. The van der Waals surface area contributed by atoms with Crippen molar-refractivity contribution in [3.05, 3.63) is 36.3 Å². The Morgan fingerprint density at radius 2 is 2.04 bits per heavy atom. The van der Waals surface area contributed by atoms with E-state index in [2.05, 4.69) is 30.6 Å². The third kappa shape index (κ3) is 4.88. The number of nitrogens with one attached hydrogen (secondary N) is 2. The standard InChI is InChI=1S/C18H19BN6OS2/c1-2-14-22-16(24-17-20-9-13(19)28-17)25-18(23-14)27-12-7-5-11(6-8-12)21-15(26)10-3-4-10/h5-10H,2-4,19H2,1H3,(H,21,26)(H,20,22,23,24,25). The Morgan fingerprint density at radius 1 is 1.25 bits per heavy atom. The average Bonchev–Trinajstić information content (AvgIpc) is 3.46. The highest BCUT2D eigenvalue weighted by Crippen LogP contribution is 2.31. The number of hydrogen-bond donors (Lipinski definition) is 2. The first-order valence-corrected chi connectivity index (χ1v) is 10.8. The Kier molecular flexibility index (Phi) is 5.58. The molecule has 3 aromatic rings. The van der Waals surface area contributed by atoms with Crippen LogP contribution in [0, 0.1) is 5.92 Å². The normalized spacial score (nSPS) is 13.3. The topological polar surface area (TPSA) is 92.7 Å². The van der Waals surface area contributed by atoms with Crippen molar-refractivity contribution in [2.45, 2.75) is 36.2 Å². The number of nitrogens with zero attached hydrogens (tertiary/aromatic N) is 4. The lowest BCUT2D eigenvalue weighted by Gasteiger charge is -2.07. The van der Waals surface area contributed by atoms with Gasteiger partial charge in [-0.15, -0.1) is 11.3 Å². The van der Waals surface area contributed by atoms with Crippen molar-refractivity contribution >= 4 is 58.4 Å². The van der Waals surface area contributed by atoms with E-state index in [-0.39, 0.29) is 11.8 Å². The Hall–Kier alpha value is -2.46. The van der Waals surface area contributed by atoms with Crippen molar-refractivity contribution in [1.29, 1.82) is 0 Å². The lowest BCUT2D eigenvalue weighted by atomic mass is 10.1. The zero-order chi connectivity index (χ0) is 19.5. The zero-order valence-corrected chi connectivity index (χ0v) is 17.2. The SMILES string of the molecule is Bc1cnc(Nc2nc(CC)nc(Sc3ccc(NC(=O)C4CC4)cc3)n2)s1. The lowest BCUT2D eigenvalue weighted by molar-refractivity contribution is -0.117. The van der Waals surface area contributed by atoms with E-state index in [1.807, 2.05) is 45.2 Å². The van der Waals surface area contributed by atoms with E-state index in [1.54, 1.807) is 11.3 Å². The molecule has 1 saturated carbocycles. The minimum absolute atomic E-state index is 0.110. The molecule has 142 valence electrons. The van der Waals surface area contributed by atoms with Crippen LogP contribution in [0.15, 0.2) is 40.5 Å². The van der Waals surface area contributed by atoms with Crippen molar-refractivity contribution in [3.8, 4) is 0 Å². The number of rotatable bonds is 7. The van der Waals surface area contributed by atoms with Gasteiger partial charge in [-0.1, -0.05) is 6.92 Å². The number of aromatic nitrogens is 4. The Labute approximate surface area is 172 Å². The van der Waals surface area contributed by atoms with Crippen LogP contribution >= 0.6 is 23.1 Å². The number of aryl methyl sites for hydroxylation is 1. The molecular weight excluding hydrogens is 391 g/mol. The molecule has 1 aliphatic rings. The Bertz CT molecular complexity index is 990. The molecule has 2 N–H and O–H groups in total. The van der Waals surface area contributed by atoms with Gasteiger partial charge in [-0.05, 0) is 53.6 Å². The summed E-state index contributed by atoms with van der Waals surface area (Å²) < 4.78 is 1.12. The van der Waals surface area contributed by atoms with Crippen molar-refractivity contribution in [2.24, 2.45) is 5.92 Å². The van der Waals surface area contributed by atoms with Gasteiger partial charge in [-0.25, -0.2) is 9.97 Å². The second-order valence-corrected chi connectivity index (χ2v) is 8.78. The number of amides is 1. The predicted molar refractivity (Wildman–Crippen MR) is 115 cm³/mol. The summed E-state index contributed by atoms with van der Waals surface area (Å²) in [4.78, 5) is 30.6. The Morgan fingerprint density at radius 3 is 2.68 bits per heavy atom. The van der Waals surface area contributed by atoms with Crippen LogP contribution in [0.5, 0.6) is 0 Å². The van der Waals surface area contributed by atoms with Crippen LogP contribution in [0.3, 0.4) is 0 Å². The molecule has 2 heterocycles. The molecule has 2 aromatic heterocycles. The molecule has 7 nitrogen and oxygen atoms in total. The van der Waals surface area contributed by atoms with Crippen LogP contribution in [0.2, 0.25) is 0 Å². The monoisotopic (exact) mass is 410 g/mol. The van der Waals surface area contributed by atoms with Gasteiger partial charge in [0.2, 0.25) is 11.9 Å². The average molecular weight is 410 g/mol. The smallest absolute Gasteiger partial charge is 0.233 e. The van der Waals surface area contributed by atoms with Crippen LogP contribution < -0.4 is 15.4 Å². The number of hydrogen-bond acceptors (Lipinski definition) is 8. The highest BCUT2D eigenvalue weighted by atomic mass is 32.2. The molecule has 28 heavy (non-hydrogen) atoms. The first-order chi connectivity index (χ1) is 13.6. The number of benzene rings is 1. The third-order valence-electron chi connectivity index (χ3n) is 4.10. The second-order valence-electron chi connectivity index (χ2n) is 6.50. The summed E-state index contributed by atoms with van der Waals surface area (Å²) in [5, 5.41) is 7.49. The van der Waals surface area contributed by atoms with E-state index in [1.165, 1.54) is 11.8 Å². The second kappa shape index (κ2) is 8.28. The predicted octanol–water partition coefficient (Wildman–Crippen LogP) is 2.39. The number of carbonyl (C=O) groups is 1. The van der Waals surface area contributed by atoms with Crippen LogP contribution in [0.1, 0.15) is 25.6 Å². The number of thiazole rings is 1. The zero-order valence-electron chi connectivity index (χ0n) is 15.6. The van der Waals surface area contributed by atoms with E-state index in [4.69, 9.17) is 0 Å². The van der Waals surface area contributed by atoms with Crippen molar-refractivity contribution < 1.29 is 4.79 Å². The van der Waals surface area contributed by atoms with Gasteiger partial charge >= 0.3 is 0 Å². The summed E-state index contributed by atoms with van der Waals surface area (Å²) in [6.07, 6.45) is 4.52. The summed E-state index contributed by atoms with van der Waals surface area (Å²) in [6, 6.07) is 7.73. The molecule has 0 saturated heterocycles. The molecule has 1 amide bonds. The summed E-state index contributed by atoms with van der Waals surface area (Å²) in [5.41, 5.74) is 0.813. The first kappa shape index (κ1) is 18.9. The maximum atomic E-state index is 11.9. The van der Waals surface area contributed by atoms with E-state index in [0.717, 1.165) is 39.2 Å². The minimum Gasteiger partial charge on any atom is -0.326 e. The van der Waals surface area contributed by atoms with Gasteiger partial charge in [0.1, 0.15) is 5.82 Å². The molecule has 0 bridgehead atoms. The van der Waals surface area contributed by atoms with Gasteiger partial charge in [0.15, 0.2) is 18.1 Å². The number of anilines is 3. The molecule has 1 aliphatic carbocycles. The van der Waals surface area contributed by atoms with Crippen LogP contribution in [0.4, 0.5) is 16.8 Å². The Balaban J connectivity index is 1.47. The van der Waals surface area contributed by atoms with Crippen LogP contribution in [0.25, 0.3) is 0 Å². The maximum absolute atomic E-state index is 11.9. The summed E-state index contributed by atoms with van der Waals surface area (Å²) in [5.74, 6) is 1.52. The third-order valence-corrected chi connectivity index (χ3v) is 5.80. The fraction of sp³-hybridized carbons (Fsp3) is 0.278. The molecule has 1 fully saturated rings. The molecular formula is C18H19BN6OS2. The molecule has 0 atom stereocenters.